The Morgan fingerprint density at radius 3 is 3.00 bits per heavy atom. The van der Waals surface area contributed by atoms with E-state index in [0.717, 1.165) is 0 Å². The number of aromatic amines is 1. The van der Waals surface area contributed by atoms with E-state index in [0.29, 0.717) is 11.3 Å². The number of H-pyrrole nitrogens is 1. The van der Waals surface area contributed by atoms with Crippen LogP contribution in [0.4, 0.5) is 8.78 Å². The first-order valence-corrected chi connectivity index (χ1v) is 6.11. The molecule has 106 valence electrons. The first kappa shape index (κ1) is 13.9. The van der Waals surface area contributed by atoms with Gasteiger partial charge in [-0.05, 0) is 6.92 Å². The molecule has 1 aliphatic heterocycles. The van der Waals surface area contributed by atoms with Crippen molar-refractivity contribution in [2.24, 2.45) is 5.92 Å². The second kappa shape index (κ2) is 5.24. The van der Waals surface area contributed by atoms with Crippen LogP contribution in [-0.2, 0) is 4.74 Å². The maximum Gasteiger partial charge on any atom is 0.257 e. The Hall–Kier alpha value is -1.50. The van der Waals surface area contributed by atoms with Crippen molar-refractivity contribution in [1.29, 1.82) is 0 Å². The van der Waals surface area contributed by atoms with Crippen LogP contribution in [0.15, 0.2) is 6.20 Å². The molecule has 7 heteroatoms. The highest BCUT2D eigenvalue weighted by molar-refractivity contribution is 5.95. The fourth-order valence-electron chi connectivity index (χ4n) is 2.28. The summed E-state index contributed by atoms with van der Waals surface area (Å²) in [6.45, 7) is 1.73. The van der Waals surface area contributed by atoms with Crippen LogP contribution < -0.4 is 0 Å². The summed E-state index contributed by atoms with van der Waals surface area (Å²) in [7, 11) is 1.39. The molecule has 1 amide bonds. The number of methoxy groups -OCH3 is 1. The number of likely N-dealkylation sites (tertiary alicyclic amines) is 1. The molecule has 0 aliphatic carbocycles. The number of aryl methyl sites for hydroxylation is 1. The first-order valence-electron chi connectivity index (χ1n) is 6.11. The van der Waals surface area contributed by atoms with Gasteiger partial charge in [0.2, 0.25) is 0 Å². The van der Waals surface area contributed by atoms with E-state index in [2.05, 4.69) is 10.2 Å². The molecule has 1 aromatic rings. The second-order valence-electron chi connectivity index (χ2n) is 4.82. The summed E-state index contributed by atoms with van der Waals surface area (Å²) in [5.74, 6) is -4.00. The molecule has 2 heterocycles. The summed E-state index contributed by atoms with van der Waals surface area (Å²) in [6.07, 6.45) is 1.10. The van der Waals surface area contributed by atoms with Crippen LogP contribution in [0.1, 0.15) is 22.5 Å². The third kappa shape index (κ3) is 2.75. The van der Waals surface area contributed by atoms with Gasteiger partial charge in [-0.1, -0.05) is 0 Å². The number of carbonyl (C=O) groups is 1. The minimum atomic E-state index is -2.78. The van der Waals surface area contributed by atoms with Gasteiger partial charge in [0, 0.05) is 32.3 Å². The summed E-state index contributed by atoms with van der Waals surface area (Å²) < 4.78 is 32.2. The lowest BCUT2D eigenvalue weighted by atomic mass is 9.94. The lowest BCUT2D eigenvalue weighted by molar-refractivity contribution is -0.117. The quantitative estimate of drug-likeness (QED) is 0.907. The normalized spacial score (nSPS) is 22.5. The topological polar surface area (TPSA) is 58.2 Å². The fraction of sp³-hybridized carbons (Fsp3) is 0.667. The molecule has 1 N–H and O–H groups in total. The molecule has 0 spiro atoms. The maximum atomic E-state index is 13.7. The number of rotatable bonds is 3. The Morgan fingerprint density at radius 1 is 1.68 bits per heavy atom. The number of nitrogens with one attached hydrogen (secondary N) is 1. The zero-order valence-electron chi connectivity index (χ0n) is 10.9. The Kier molecular flexibility index (Phi) is 3.84. The van der Waals surface area contributed by atoms with Crippen LogP contribution in [0, 0.1) is 12.8 Å². The summed E-state index contributed by atoms with van der Waals surface area (Å²) in [6, 6.07) is 0. The van der Waals surface area contributed by atoms with E-state index in [1.165, 1.54) is 18.2 Å². The molecule has 0 bridgehead atoms. The molecule has 1 saturated heterocycles. The number of carbonyl (C=O) groups excluding carboxylic acids is 1. The van der Waals surface area contributed by atoms with Crippen molar-refractivity contribution in [2.45, 2.75) is 19.3 Å². The monoisotopic (exact) mass is 273 g/mol. The average Bonchev–Trinajstić information content (AvgIpc) is 2.77. The SMILES string of the molecule is COCC1CN(C(=O)c2cn[nH]c2C)CCC1(F)F. The molecule has 1 fully saturated rings. The predicted octanol–water partition coefficient (Wildman–Crippen LogP) is 1.46. The van der Waals surface area contributed by atoms with Gasteiger partial charge in [-0.15, -0.1) is 0 Å². The van der Waals surface area contributed by atoms with Crippen molar-refractivity contribution < 1.29 is 18.3 Å². The third-order valence-electron chi connectivity index (χ3n) is 3.47. The molecule has 19 heavy (non-hydrogen) atoms. The molecule has 0 aromatic carbocycles. The van der Waals surface area contributed by atoms with E-state index < -0.39 is 11.8 Å². The molecule has 0 saturated carbocycles. The second-order valence-corrected chi connectivity index (χ2v) is 4.82. The van der Waals surface area contributed by atoms with Crippen LogP contribution in [0.5, 0.6) is 0 Å². The average molecular weight is 273 g/mol. The molecule has 5 nitrogen and oxygen atoms in total. The van der Waals surface area contributed by atoms with Crippen molar-refractivity contribution >= 4 is 5.91 Å². The van der Waals surface area contributed by atoms with Gasteiger partial charge in [0.15, 0.2) is 0 Å². The number of hydrogen-bond donors (Lipinski definition) is 1. The zero-order valence-corrected chi connectivity index (χ0v) is 10.9. The largest absolute Gasteiger partial charge is 0.384 e. The lowest BCUT2D eigenvalue weighted by Crippen LogP contribution is -2.50. The van der Waals surface area contributed by atoms with E-state index >= 15 is 0 Å². The molecule has 1 aliphatic rings. The van der Waals surface area contributed by atoms with Crippen molar-refractivity contribution in [2.75, 3.05) is 26.8 Å². The first-order chi connectivity index (χ1) is 8.95. The smallest absolute Gasteiger partial charge is 0.257 e. The summed E-state index contributed by atoms with van der Waals surface area (Å²) in [5.41, 5.74) is 1.08. The number of hydrogen-bond acceptors (Lipinski definition) is 3. The minimum absolute atomic E-state index is 0.00426. The minimum Gasteiger partial charge on any atom is -0.384 e. The summed E-state index contributed by atoms with van der Waals surface area (Å²) >= 11 is 0. The van der Waals surface area contributed by atoms with Crippen molar-refractivity contribution in [3.05, 3.63) is 17.5 Å². The number of halogens is 2. The zero-order chi connectivity index (χ0) is 14.0. The standard InChI is InChI=1S/C12H17F2N3O2/c1-8-10(5-15-16-8)11(18)17-4-3-12(13,14)9(6-17)7-19-2/h5,9H,3-4,6-7H2,1-2H3,(H,15,16). The van der Waals surface area contributed by atoms with E-state index in [4.69, 9.17) is 4.74 Å². The van der Waals surface area contributed by atoms with Crippen LogP contribution in [0.3, 0.4) is 0 Å². The van der Waals surface area contributed by atoms with Gasteiger partial charge >= 0.3 is 0 Å². The van der Waals surface area contributed by atoms with E-state index in [-0.39, 0.29) is 32.0 Å². The molecule has 1 aromatic heterocycles. The van der Waals surface area contributed by atoms with Crippen molar-refractivity contribution in [1.82, 2.24) is 15.1 Å². The van der Waals surface area contributed by atoms with Gasteiger partial charge in [0.05, 0.1) is 24.3 Å². The highest BCUT2D eigenvalue weighted by atomic mass is 19.3. The third-order valence-corrected chi connectivity index (χ3v) is 3.47. The summed E-state index contributed by atoms with van der Waals surface area (Å²) in [5, 5.41) is 6.45. The van der Waals surface area contributed by atoms with Gasteiger partial charge in [0.25, 0.3) is 11.8 Å². The molecule has 1 unspecified atom stereocenters. The maximum absolute atomic E-state index is 13.7. The van der Waals surface area contributed by atoms with Gasteiger partial charge in [-0.3, -0.25) is 9.89 Å². The molecular formula is C12H17F2N3O2. The number of aromatic nitrogens is 2. The molecule has 0 radical (unpaired) electrons. The van der Waals surface area contributed by atoms with Gasteiger partial charge in [0.1, 0.15) is 0 Å². The van der Waals surface area contributed by atoms with Gasteiger partial charge < -0.3 is 9.64 Å². The van der Waals surface area contributed by atoms with E-state index in [1.54, 1.807) is 6.92 Å². The van der Waals surface area contributed by atoms with E-state index in [1.807, 2.05) is 0 Å². The Bertz CT molecular complexity index is 462. The van der Waals surface area contributed by atoms with Gasteiger partial charge in [-0.25, -0.2) is 8.78 Å². The van der Waals surface area contributed by atoms with Crippen molar-refractivity contribution in [3.8, 4) is 0 Å². The number of nitrogens with zero attached hydrogens (tertiary/aromatic N) is 2. The lowest BCUT2D eigenvalue weighted by Gasteiger charge is -2.38. The Balaban J connectivity index is 2.11. The number of piperidine rings is 1. The predicted molar refractivity (Wildman–Crippen MR) is 64.2 cm³/mol. The van der Waals surface area contributed by atoms with Crippen LogP contribution in [0.2, 0.25) is 0 Å². The summed E-state index contributed by atoms with van der Waals surface area (Å²) in [4.78, 5) is 13.7. The number of ether oxygens (including phenoxy) is 1. The highest BCUT2D eigenvalue weighted by Crippen LogP contribution is 2.34. The van der Waals surface area contributed by atoms with Crippen molar-refractivity contribution in [3.63, 3.8) is 0 Å². The van der Waals surface area contributed by atoms with Crippen LogP contribution >= 0.6 is 0 Å². The number of amides is 1. The molecule has 2 rings (SSSR count). The number of alkyl halides is 2. The van der Waals surface area contributed by atoms with Crippen LogP contribution in [-0.4, -0.2) is 53.7 Å². The highest BCUT2D eigenvalue weighted by Gasteiger charge is 2.45. The Morgan fingerprint density at radius 2 is 2.42 bits per heavy atom. The molecule has 1 atom stereocenters. The van der Waals surface area contributed by atoms with Gasteiger partial charge in [-0.2, -0.15) is 5.10 Å². The molecular weight excluding hydrogens is 256 g/mol. The fourth-order valence-corrected chi connectivity index (χ4v) is 2.28. The Labute approximate surface area is 109 Å². The van der Waals surface area contributed by atoms with E-state index in [9.17, 15) is 13.6 Å². The van der Waals surface area contributed by atoms with Crippen LogP contribution in [0.25, 0.3) is 0 Å².